The Morgan fingerprint density at radius 2 is 2.21 bits per heavy atom. The largest absolute Gasteiger partial charge is 0.505 e. The number of para-hydroxylation sites is 1. The second-order valence-electron chi connectivity index (χ2n) is 2.88. The quantitative estimate of drug-likeness (QED) is 0.678. The summed E-state index contributed by atoms with van der Waals surface area (Å²) in [5.74, 6) is -2.48. The minimum absolute atomic E-state index is 0.104. The van der Waals surface area contributed by atoms with E-state index in [0.717, 1.165) is 6.07 Å². The van der Waals surface area contributed by atoms with E-state index in [4.69, 9.17) is 10.8 Å². The first kappa shape index (κ1) is 10.5. The zero-order chi connectivity index (χ0) is 10.7. The van der Waals surface area contributed by atoms with Gasteiger partial charge in [-0.1, -0.05) is 12.1 Å². The van der Waals surface area contributed by atoms with E-state index < -0.39 is 23.6 Å². The third kappa shape index (κ3) is 2.20. The molecule has 0 aromatic heterocycles. The molecule has 0 aliphatic carbocycles. The fraction of sp³-hybridized carbons (Fsp3) is 0.222. The van der Waals surface area contributed by atoms with Crippen molar-refractivity contribution < 1.29 is 19.4 Å². The van der Waals surface area contributed by atoms with Gasteiger partial charge in [-0.25, -0.2) is 4.39 Å². The maximum absolute atomic E-state index is 12.8. The number of nitrogens with two attached hydrogens (primary N) is 1. The second-order valence-corrected chi connectivity index (χ2v) is 2.88. The van der Waals surface area contributed by atoms with Gasteiger partial charge < -0.3 is 15.9 Å². The molecule has 0 spiro atoms. The van der Waals surface area contributed by atoms with Gasteiger partial charge in [0.15, 0.2) is 11.6 Å². The minimum atomic E-state index is -1.10. The molecule has 0 unspecified atom stereocenters. The highest BCUT2D eigenvalue weighted by atomic mass is 19.1. The smallest absolute Gasteiger partial charge is 0.305 e. The van der Waals surface area contributed by atoms with E-state index in [9.17, 15) is 14.3 Å². The maximum atomic E-state index is 12.8. The first-order chi connectivity index (χ1) is 6.52. The number of carboxylic acid groups (broad SMARTS) is 1. The van der Waals surface area contributed by atoms with Crippen molar-refractivity contribution in [3.05, 3.63) is 29.6 Å². The molecule has 0 aliphatic rings. The Kier molecular flexibility index (Phi) is 3.03. The minimum Gasteiger partial charge on any atom is -0.505 e. The first-order valence-corrected chi connectivity index (χ1v) is 3.97. The molecule has 0 radical (unpaired) electrons. The highest BCUT2D eigenvalue weighted by molar-refractivity contribution is 5.68. The molecule has 0 fully saturated rings. The molecule has 0 bridgehead atoms. The summed E-state index contributed by atoms with van der Waals surface area (Å²) in [7, 11) is 0. The van der Waals surface area contributed by atoms with Gasteiger partial charge >= 0.3 is 5.97 Å². The van der Waals surface area contributed by atoms with E-state index in [0.29, 0.717) is 0 Å². The topological polar surface area (TPSA) is 83.6 Å². The fourth-order valence-electron chi connectivity index (χ4n) is 1.13. The van der Waals surface area contributed by atoms with Crippen molar-refractivity contribution in [1.82, 2.24) is 0 Å². The number of halogens is 1. The molecule has 0 amide bonds. The normalized spacial score (nSPS) is 12.4. The highest BCUT2D eigenvalue weighted by Gasteiger charge is 2.16. The van der Waals surface area contributed by atoms with E-state index in [1.165, 1.54) is 12.1 Å². The number of carbonyl (C=O) groups is 1. The fourth-order valence-corrected chi connectivity index (χ4v) is 1.13. The molecule has 76 valence electrons. The van der Waals surface area contributed by atoms with Crippen molar-refractivity contribution in [2.24, 2.45) is 5.73 Å². The Morgan fingerprint density at radius 3 is 2.79 bits per heavy atom. The molecule has 0 heterocycles. The molecule has 0 saturated heterocycles. The van der Waals surface area contributed by atoms with E-state index in [-0.39, 0.29) is 12.0 Å². The molecular weight excluding hydrogens is 189 g/mol. The van der Waals surface area contributed by atoms with Crippen molar-refractivity contribution in [2.45, 2.75) is 12.5 Å². The van der Waals surface area contributed by atoms with Gasteiger partial charge in [0, 0.05) is 11.6 Å². The van der Waals surface area contributed by atoms with Crippen LogP contribution in [0.1, 0.15) is 18.0 Å². The highest BCUT2D eigenvalue weighted by Crippen LogP contribution is 2.26. The van der Waals surface area contributed by atoms with Crippen LogP contribution in [-0.2, 0) is 4.79 Å². The van der Waals surface area contributed by atoms with Crippen LogP contribution >= 0.6 is 0 Å². The maximum Gasteiger partial charge on any atom is 0.305 e. The predicted molar refractivity (Wildman–Crippen MR) is 47.2 cm³/mol. The number of rotatable bonds is 3. The number of phenols is 1. The van der Waals surface area contributed by atoms with Crippen LogP contribution in [0.15, 0.2) is 18.2 Å². The number of hydrogen-bond acceptors (Lipinski definition) is 3. The number of aromatic hydroxyl groups is 1. The van der Waals surface area contributed by atoms with E-state index >= 15 is 0 Å². The number of aliphatic carboxylic acids is 1. The summed E-state index contributed by atoms with van der Waals surface area (Å²) in [5, 5.41) is 17.7. The molecule has 5 heteroatoms. The summed E-state index contributed by atoms with van der Waals surface area (Å²) in [6.45, 7) is 0. The lowest BCUT2D eigenvalue weighted by molar-refractivity contribution is -0.137. The third-order valence-corrected chi connectivity index (χ3v) is 1.81. The van der Waals surface area contributed by atoms with Gasteiger partial charge in [-0.05, 0) is 6.07 Å². The number of benzene rings is 1. The van der Waals surface area contributed by atoms with Gasteiger partial charge in [-0.15, -0.1) is 0 Å². The first-order valence-electron chi connectivity index (χ1n) is 3.97. The third-order valence-electron chi connectivity index (χ3n) is 1.81. The Morgan fingerprint density at radius 1 is 1.57 bits per heavy atom. The summed E-state index contributed by atoms with van der Waals surface area (Å²) >= 11 is 0. The Bertz CT molecular complexity index is 354. The molecular formula is C9H10FNO3. The molecule has 4 N–H and O–H groups in total. The molecule has 1 atom stereocenters. The predicted octanol–water partition coefficient (Wildman–Crippen LogP) is 1.01. The van der Waals surface area contributed by atoms with Crippen LogP contribution in [-0.4, -0.2) is 16.2 Å². The van der Waals surface area contributed by atoms with Crippen LogP contribution in [0.25, 0.3) is 0 Å². The second kappa shape index (κ2) is 4.06. The van der Waals surface area contributed by atoms with Crippen LogP contribution in [0.2, 0.25) is 0 Å². The Hall–Kier alpha value is -1.62. The zero-order valence-corrected chi connectivity index (χ0v) is 7.27. The number of hydrogen-bond donors (Lipinski definition) is 3. The van der Waals surface area contributed by atoms with Crippen molar-refractivity contribution >= 4 is 5.97 Å². The van der Waals surface area contributed by atoms with Crippen molar-refractivity contribution in [3.8, 4) is 5.75 Å². The van der Waals surface area contributed by atoms with Gasteiger partial charge in [0.1, 0.15) is 0 Å². The average molecular weight is 199 g/mol. The lowest BCUT2D eigenvalue weighted by atomic mass is 10.0. The summed E-state index contributed by atoms with van der Waals surface area (Å²) in [5.41, 5.74) is 5.56. The van der Waals surface area contributed by atoms with E-state index in [1.807, 2.05) is 0 Å². The van der Waals surface area contributed by atoms with Crippen molar-refractivity contribution in [1.29, 1.82) is 0 Å². The Balaban J connectivity index is 2.95. The molecule has 1 aromatic rings. The van der Waals surface area contributed by atoms with Crippen LogP contribution < -0.4 is 5.73 Å². The van der Waals surface area contributed by atoms with Gasteiger partial charge in [0.2, 0.25) is 0 Å². The van der Waals surface area contributed by atoms with Crippen LogP contribution in [0.4, 0.5) is 4.39 Å². The van der Waals surface area contributed by atoms with Crippen LogP contribution in [0.3, 0.4) is 0 Å². The van der Waals surface area contributed by atoms with Crippen molar-refractivity contribution in [3.63, 3.8) is 0 Å². The number of phenolic OH excluding ortho intramolecular Hbond substituents is 1. The van der Waals surface area contributed by atoms with E-state index in [2.05, 4.69) is 0 Å². The lowest BCUT2D eigenvalue weighted by Crippen LogP contribution is -2.15. The summed E-state index contributed by atoms with van der Waals surface area (Å²) in [6, 6.07) is 2.94. The Labute approximate surface area is 79.8 Å². The lowest BCUT2D eigenvalue weighted by Gasteiger charge is -2.11. The number of carboxylic acids is 1. The van der Waals surface area contributed by atoms with Crippen LogP contribution in [0.5, 0.6) is 5.75 Å². The molecule has 14 heavy (non-hydrogen) atoms. The van der Waals surface area contributed by atoms with Gasteiger partial charge in [0.25, 0.3) is 0 Å². The summed E-state index contributed by atoms with van der Waals surface area (Å²) < 4.78 is 12.8. The molecule has 4 nitrogen and oxygen atoms in total. The standard InChI is InChI=1S/C9H10FNO3/c10-6-3-1-2-5(9(6)14)7(11)4-8(12)13/h1-3,7,14H,4,11H2,(H,12,13)/t7-/m1/s1. The zero-order valence-electron chi connectivity index (χ0n) is 7.27. The van der Waals surface area contributed by atoms with E-state index in [1.54, 1.807) is 0 Å². The summed E-state index contributed by atoms with van der Waals surface area (Å²) in [6.07, 6.45) is -0.350. The van der Waals surface area contributed by atoms with Crippen LogP contribution in [0, 0.1) is 5.82 Å². The molecule has 1 aromatic carbocycles. The SMILES string of the molecule is N[C@H](CC(=O)O)c1cccc(F)c1O. The molecule has 0 saturated carbocycles. The van der Waals surface area contributed by atoms with Crippen molar-refractivity contribution in [2.75, 3.05) is 0 Å². The average Bonchev–Trinajstić information content (AvgIpc) is 2.08. The van der Waals surface area contributed by atoms with Gasteiger partial charge in [-0.3, -0.25) is 4.79 Å². The summed E-state index contributed by atoms with van der Waals surface area (Å²) in [4.78, 5) is 10.3. The monoisotopic (exact) mass is 199 g/mol. The van der Waals surface area contributed by atoms with Gasteiger partial charge in [-0.2, -0.15) is 0 Å². The molecule has 0 aliphatic heterocycles. The molecule has 1 rings (SSSR count). The van der Waals surface area contributed by atoms with Gasteiger partial charge in [0.05, 0.1) is 6.42 Å².